The molecule has 0 saturated heterocycles. The van der Waals surface area contributed by atoms with Crippen molar-refractivity contribution < 1.29 is 14.6 Å². The number of amides is 1. The number of ether oxygens (including phenoxy) is 1. The molecular weight excluding hydrogens is 244 g/mol. The summed E-state index contributed by atoms with van der Waals surface area (Å²) in [6.45, 7) is 6.53. The Labute approximate surface area is 114 Å². The molecule has 0 aliphatic rings. The van der Waals surface area contributed by atoms with E-state index in [9.17, 15) is 9.90 Å². The molecule has 0 fully saturated rings. The highest BCUT2D eigenvalue weighted by Crippen LogP contribution is 2.14. The van der Waals surface area contributed by atoms with Gasteiger partial charge in [0.25, 0.3) is 0 Å². The normalized spacial score (nSPS) is 12.3. The summed E-state index contributed by atoms with van der Waals surface area (Å²) in [6.07, 6.45) is 1.15. The fourth-order valence-electron chi connectivity index (χ4n) is 1.52. The van der Waals surface area contributed by atoms with Gasteiger partial charge in [-0.1, -0.05) is 19.9 Å². The lowest BCUT2D eigenvalue weighted by molar-refractivity contribution is -0.123. The van der Waals surface area contributed by atoms with Crippen molar-refractivity contribution in [2.75, 3.05) is 6.61 Å². The largest absolute Gasteiger partial charge is 0.478 e. The minimum Gasteiger partial charge on any atom is -0.478 e. The van der Waals surface area contributed by atoms with Gasteiger partial charge in [0, 0.05) is 18.3 Å². The summed E-state index contributed by atoms with van der Waals surface area (Å²) in [5, 5.41) is 12.4. The van der Waals surface area contributed by atoms with Crippen LogP contribution in [0.3, 0.4) is 0 Å². The molecule has 0 radical (unpaired) electrons. The number of aromatic nitrogens is 1. The number of pyridine rings is 1. The Kier molecular flexibility index (Phi) is 6.29. The first-order valence-corrected chi connectivity index (χ1v) is 6.56. The number of nitrogens with one attached hydrogen (secondary N) is 1. The molecule has 1 rings (SSSR count). The molecular formula is C14H22N2O3. The molecule has 0 saturated carbocycles. The number of nitrogens with zero attached hydrogens (tertiary/aromatic N) is 1. The molecule has 106 valence electrons. The summed E-state index contributed by atoms with van der Waals surface area (Å²) in [4.78, 5) is 15.8. The highest BCUT2D eigenvalue weighted by molar-refractivity contribution is 5.76. The second-order valence-corrected chi connectivity index (χ2v) is 4.69. The lowest BCUT2D eigenvalue weighted by Gasteiger charge is -2.14. The van der Waals surface area contributed by atoms with Crippen LogP contribution in [0.25, 0.3) is 0 Å². The average molecular weight is 266 g/mol. The third kappa shape index (κ3) is 5.26. The predicted octanol–water partition coefficient (Wildman–Crippen LogP) is 1.50. The number of rotatable bonds is 7. The fourth-order valence-corrected chi connectivity index (χ4v) is 1.52. The molecule has 1 aromatic rings. The van der Waals surface area contributed by atoms with E-state index >= 15 is 0 Å². The molecule has 1 amide bonds. The molecule has 2 N–H and O–H groups in total. The molecule has 1 aromatic heterocycles. The van der Waals surface area contributed by atoms with E-state index in [1.165, 1.54) is 0 Å². The van der Waals surface area contributed by atoms with Gasteiger partial charge in [-0.05, 0) is 18.9 Å². The van der Waals surface area contributed by atoms with E-state index in [4.69, 9.17) is 4.74 Å². The van der Waals surface area contributed by atoms with Gasteiger partial charge in [0.1, 0.15) is 0 Å². The first-order chi connectivity index (χ1) is 9.04. The predicted molar refractivity (Wildman–Crippen MR) is 72.7 cm³/mol. The van der Waals surface area contributed by atoms with Gasteiger partial charge >= 0.3 is 0 Å². The van der Waals surface area contributed by atoms with Crippen LogP contribution in [0.4, 0.5) is 0 Å². The van der Waals surface area contributed by atoms with Gasteiger partial charge in [0.05, 0.1) is 19.1 Å². The Morgan fingerprint density at radius 3 is 2.89 bits per heavy atom. The summed E-state index contributed by atoms with van der Waals surface area (Å²) >= 11 is 0. The zero-order chi connectivity index (χ0) is 14.3. The first kappa shape index (κ1) is 15.4. The summed E-state index contributed by atoms with van der Waals surface area (Å²) in [5.74, 6) is 0.435. The van der Waals surface area contributed by atoms with E-state index in [-0.39, 0.29) is 18.2 Å². The quantitative estimate of drug-likeness (QED) is 0.784. The topological polar surface area (TPSA) is 71.5 Å². The smallest absolute Gasteiger partial charge is 0.222 e. The zero-order valence-corrected chi connectivity index (χ0v) is 11.7. The van der Waals surface area contributed by atoms with Gasteiger partial charge in [0.15, 0.2) is 0 Å². The van der Waals surface area contributed by atoms with E-state index in [1.807, 2.05) is 26.8 Å². The number of carbonyl (C=O) groups is 1. The maximum atomic E-state index is 11.7. The van der Waals surface area contributed by atoms with Gasteiger partial charge in [-0.15, -0.1) is 0 Å². The van der Waals surface area contributed by atoms with Crippen LogP contribution in [0.2, 0.25) is 0 Å². The monoisotopic (exact) mass is 266 g/mol. The van der Waals surface area contributed by atoms with Gasteiger partial charge in [-0.2, -0.15) is 0 Å². The molecule has 19 heavy (non-hydrogen) atoms. The number of aliphatic hydroxyl groups is 1. The van der Waals surface area contributed by atoms with E-state index in [0.29, 0.717) is 19.0 Å². The average Bonchev–Trinajstić information content (AvgIpc) is 2.38. The lowest BCUT2D eigenvalue weighted by atomic mass is 10.0. The number of aliphatic hydroxyl groups excluding tert-OH is 1. The van der Waals surface area contributed by atoms with Crippen LogP contribution in [0.1, 0.15) is 32.8 Å². The van der Waals surface area contributed by atoms with E-state index < -0.39 is 6.10 Å². The van der Waals surface area contributed by atoms with Crippen LogP contribution in [-0.4, -0.2) is 28.7 Å². The summed E-state index contributed by atoms with van der Waals surface area (Å²) in [7, 11) is 0. The Bertz CT molecular complexity index is 407. The van der Waals surface area contributed by atoms with Crippen molar-refractivity contribution in [2.24, 2.45) is 5.92 Å². The van der Waals surface area contributed by atoms with Crippen molar-refractivity contribution in [2.45, 2.75) is 39.8 Å². The number of hydrogen-bond acceptors (Lipinski definition) is 4. The molecule has 0 bridgehead atoms. The van der Waals surface area contributed by atoms with Crippen LogP contribution < -0.4 is 10.1 Å². The Hall–Kier alpha value is -1.62. The molecule has 0 aliphatic heterocycles. The summed E-state index contributed by atoms with van der Waals surface area (Å²) in [6, 6.07) is 3.66. The highest BCUT2D eigenvalue weighted by Gasteiger charge is 2.14. The molecule has 0 aromatic carbocycles. The Balaban J connectivity index is 2.50. The van der Waals surface area contributed by atoms with Gasteiger partial charge in [-0.3, -0.25) is 4.79 Å². The number of hydrogen-bond donors (Lipinski definition) is 2. The maximum Gasteiger partial charge on any atom is 0.222 e. The van der Waals surface area contributed by atoms with Crippen molar-refractivity contribution in [3.05, 3.63) is 23.9 Å². The molecule has 0 spiro atoms. The minimum absolute atomic E-state index is 0.0723. The van der Waals surface area contributed by atoms with Gasteiger partial charge in [-0.25, -0.2) is 4.98 Å². The summed E-state index contributed by atoms with van der Waals surface area (Å²) in [5.41, 5.74) is 0.830. The van der Waals surface area contributed by atoms with E-state index in [0.717, 1.165) is 5.56 Å². The fraction of sp³-hybridized carbons (Fsp3) is 0.571. The molecule has 0 aliphatic carbocycles. The minimum atomic E-state index is -0.611. The van der Waals surface area contributed by atoms with E-state index in [2.05, 4.69) is 10.3 Å². The zero-order valence-electron chi connectivity index (χ0n) is 11.7. The number of carbonyl (C=O) groups excluding carboxylic acids is 1. The van der Waals surface area contributed by atoms with Crippen molar-refractivity contribution in [3.63, 3.8) is 0 Å². The first-order valence-electron chi connectivity index (χ1n) is 6.56. The Morgan fingerprint density at radius 2 is 2.26 bits per heavy atom. The summed E-state index contributed by atoms with van der Waals surface area (Å²) < 4.78 is 5.38. The molecule has 5 heteroatoms. The van der Waals surface area contributed by atoms with Crippen LogP contribution in [0.5, 0.6) is 5.88 Å². The van der Waals surface area contributed by atoms with Gasteiger partial charge < -0.3 is 15.2 Å². The Morgan fingerprint density at radius 1 is 1.53 bits per heavy atom. The van der Waals surface area contributed by atoms with Crippen LogP contribution >= 0.6 is 0 Å². The van der Waals surface area contributed by atoms with Crippen molar-refractivity contribution >= 4 is 5.91 Å². The molecule has 1 unspecified atom stereocenters. The van der Waals surface area contributed by atoms with Crippen LogP contribution in [0, 0.1) is 5.92 Å². The maximum absolute atomic E-state index is 11.7. The van der Waals surface area contributed by atoms with Gasteiger partial charge in [0.2, 0.25) is 11.8 Å². The third-order valence-electron chi connectivity index (χ3n) is 2.77. The second kappa shape index (κ2) is 7.74. The van der Waals surface area contributed by atoms with Crippen LogP contribution in [0.15, 0.2) is 18.3 Å². The second-order valence-electron chi connectivity index (χ2n) is 4.69. The third-order valence-corrected chi connectivity index (χ3v) is 2.77. The SMILES string of the molecule is CCOc1ncccc1CNC(=O)CC(O)C(C)C. The van der Waals surface area contributed by atoms with Crippen molar-refractivity contribution in [1.29, 1.82) is 0 Å². The lowest BCUT2D eigenvalue weighted by Crippen LogP contribution is -2.29. The standard InChI is InChI=1S/C14H22N2O3/c1-4-19-14-11(6-5-7-15-14)9-16-13(18)8-12(17)10(2)3/h5-7,10,12,17H,4,8-9H2,1-3H3,(H,16,18). The van der Waals surface area contributed by atoms with Crippen molar-refractivity contribution in [1.82, 2.24) is 10.3 Å². The highest BCUT2D eigenvalue weighted by atomic mass is 16.5. The molecule has 1 heterocycles. The van der Waals surface area contributed by atoms with E-state index in [1.54, 1.807) is 12.3 Å². The molecule has 5 nitrogen and oxygen atoms in total. The molecule has 1 atom stereocenters. The van der Waals surface area contributed by atoms with Crippen molar-refractivity contribution in [3.8, 4) is 5.88 Å². The van der Waals surface area contributed by atoms with Crippen LogP contribution in [-0.2, 0) is 11.3 Å².